The molecule has 1 aromatic heterocycles. The summed E-state index contributed by atoms with van der Waals surface area (Å²) in [7, 11) is 0. The standard InChI is InChI=1S/C17H20FN3O2S/c1-3-14-10(2)24-16(19-14)20-17(23)21-9-13(22)8-15(21)11-5-4-6-12(18)7-11/h4-7,13,15,22H,3,8-9H2,1-2H3,(H,19,20,23)/t13-,15-/m0/s1. The lowest BCUT2D eigenvalue weighted by atomic mass is 10.0. The third-order valence-electron chi connectivity index (χ3n) is 4.21. The van der Waals surface area contributed by atoms with E-state index in [4.69, 9.17) is 0 Å². The van der Waals surface area contributed by atoms with Crippen molar-refractivity contribution in [3.63, 3.8) is 0 Å². The van der Waals surface area contributed by atoms with Gasteiger partial charge in [0.15, 0.2) is 5.13 Å². The molecule has 0 aliphatic carbocycles. The van der Waals surface area contributed by atoms with E-state index in [1.807, 2.05) is 13.8 Å². The van der Waals surface area contributed by atoms with Gasteiger partial charge in [-0.05, 0) is 37.5 Å². The minimum atomic E-state index is -0.617. The van der Waals surface area contributed by atoms with Crippen molar-refractivity contribution >= 4 is 22.5 Å². The molecule has 2 amide bonds. The highest BCUT2D eigenvalue weighted by Gasteiger charge is 2.35. The van der Waals surface area contributed by atoms with Crippen LogP contribution < -0.4 is 5.32 Å². The monoisotopic (exact) mass is 349 g/mol. The van der Waals surface area contributed by atoms with Crippen LogP contribution in [0.25, 0.3) is 0 Å². The van der Waals surface area contributed by atoms with Crippen LogP contribution in [0.1, 0.15) is 35.5 Å². The van der Waals surface area contributed by atoms with Gasteiger partial charge in [0, 0.05) is 11.4 Å². The van der Waals surface area contributed by atoms with E-state index in [0.717, 1.165) is 17.0 Å². The lowest BCUT2D eigenvalue weighted by molar-refractivity contribution is 0.175. The Morgan fingerprint density at radius 2 is 2.33 bits per heavy atom. The maximum atomic E-state index is 13.5. The van der Waals surface area contributed by atoms with E-state index < -0.39 is 6.10 Å². The van der Waals surface area contributed by atoms with E-state index in [1.165, 1.54) is 23.5 Å². The second kappa shape index (κ2) is 6.86. The molecule has 7 heteroatoms. The number of halogens is 1. The fourth-order valence-corrected chi connectivity index (χ4v) is 3.93. The van der Waals surface area contributed by atoms with E-state index in [9.17, 15) is 14.3 Å². The van der Waals surface area contributed by atoms with Gasteiger partial charge in [-0.3, -0.25) is 5.32 Å². The number of aliphatic hydroxyl groups is 1. The number of urea groups is 1. The summed E-state index contributed by atoms with van der Waals surface area (Å²) in [4.78, 5) is 19.6. The first-order chi connectivity index (χ1) is 11.5. The van der Waals surface area contributed by atoms with Crippen LogP contribution in [0.2, 0.25) is 0 Å². The number of aromatic nitrogens is 1. The van der Waals surface area contributed by atoms with Crippen molar-refractivity contribution in [2.45, 2.75) is 38.8 Å². The van der Waals surface area contributed by atoms with Crippen LogP contribution in [0.4, 0.5) is 14.3 Å². The SMILES string of the molecule is CCc1nc(NC(=O)N2C[C@@H](O)C[C@H]2c2cccc(F)c2)sc1C. The summed E-state index contributed by atoms with van der Waals surface area (Å²) in [5.41, 5.74) is 1.66. The lowest BCUT2D eigenvalue weighted by Crippen LogP contribution is -2.35. The summed E-state index contributed by atoms with van der Waals surface area (Å²) in [6.07, 6.45) is 0.591. The molecule has 1 fully saturated rings. The molecule has 0 radical (unpaired) electrons. The van der Waals surface area contributed by atoms with Crippen LogP contribution in [0.3, 0.4) is 0 Å². The first-order valence-electron chi connectivity index (χ1n) is 7.95. The van der Waals surface area contributed by atoms with Gasteiger partial charge in [-0.25, -0.2) is 14.2 Å². The number of anilines is 1. The summed E-state index contributed by atoms with van der Waals surface area (Å²) in [5.74, 6) is -0.350. The maximum absolute atomic E-state index is 13.5. The Bertz CT molecular complexity index is 749. The first-order valence-corrected chi connectivity index (χ1v) is 8.77. The van der Waals surface area contributed by atoms with E-state index >= 15 is 0 Å². The molecule has 2 heterocycles. The van der Waals surface area contributed by atoms with Crippen LogP contribution in [0, 0.1) is 12.7 Å². The number of amides is 2. The molecule has 1 aromatic carbocycles. The van der Waals surface area contributed by atoms with Crippen molar-refractivity contribution in [3.05, 3.63) is 46.2 Å². The molecular weight excluding hydrogens is 329 g/mol. The van der Waals surface area contributed by atoms with Gasteiger partial charge in [-0.2, -0.15) is 0 Å². The van der Waals surface area contributed by atoms with Gasteiger partial charge in [0.25, 0.3) is 0 Å². The Morgan fingerprint density at radius 1 is 1.54 bits per heavy atom. The summed E-state index contributed by atoms with van der Waals surface area (Å²) in [6, 6.07) is 5.49. The van der Waals surface area contributed by atoms with Crippen LogP contribution in [-0.2, 0) is 6.42 Å². The fraction of sp³-hybridized carbons (Fsp3) is 0.412. The van der Waals surface area contributed by atoms with Gasteiger partial charge in [-0.1, -0.05) is 19.1 Å². The van der Waals surface area contributed by atoms with Crippen molar-refractivity contribution in [2.24, 2.45) is 0 Å². The number of thiazole rings is 1. The molecule has 0 bridgehead atoms. The van der Waals surface area contributed by atoms with E-state index in [2.05, 4.69) is 10.3 Å². The molecule has 24 heavy (non-hydrogen) atoms. The number of rotatable bonds is 3. The summed E-state index contributed by atoms with van der Waals surface area (Å²) < 4.78 is 13.5. The third kappa shape index (κ3) is 3.42. The maximum Gasteiger partial charge on any atom is 0.324 e. The van der Waals surface area contributed by atoms with Crippen LogP contribution in [0.5, 0.6) is 0 Å². The number of hydrogen-bond acceptors (Lipinski definition) is 4. The zero-order valence-electron chi connectivity index (χ0n) is 13.6. The molecule has 2 atom stereocenters. The number of nitrogens with one attached hydrogen (secondary N) is 1. The molecule has 1 saturated heterocycles. The predicted molar refractivity (Wildman–Crippen MR) is 91.7 cm³/mol. The molecule has 0 unspecified atom stereocenters. The molecule has 128 valence electrons. The molecular formula is C17H20FN3O2S. The van der Waals surface area contributed by atoms with Crippen molar-refractivity contribution in [1.29, 1.82) is 0 Å². The summed E-state index contributed by atoms with van der Waals surface area (Å²) in [6.45, 7) is 4.21. The average molecular weight is 349 g/mol. The smallest absolute Gasteiger partial charge is 0.324 e. The quantitative estimate of drug-likeness (QED) is 0.891. The van der Waals surface area contributed by atoms with Crippen LogP contribution in [0.15, 0.2) is 24.3 Å². The average Bonchev–Trinajstić information content (AvgIpc) is 3.10. The number of aliphatic hydroxyl groups excluding tert-OH is 1. The van der Waals surface area contributed by atoms with Gasteiger partial charge >= 0.3 is 6.03 Å². The number of hydrogen-bond donors (Lipinski definition) is 2. The van der Waals surface area contributed by atoms with Gasteiger partial charge < -0.3 is 10.0 Å². The highest BCUT2D eigenvalue weighted by atomic mass is 32.1. The molecule has 1 aliphatic heterocycles. The zero-order valence-corrected chi connectivity index (χ0v) is 14.4. The van der Waals surface area contributed by atoms with Crippen molar-refractivity contribution in [3.8, 4) is 0 Å². The fourth-order valence-electron chi connectivity index (χ4n) is 3.04. The topological polar surface area (TPSA) is 65.5 Å². The number of carbonyl (C=O) groups excluding carboxylic acids is 1. The van der Waals surface area contributed by atoms with Gasteiger partial charge in [0.05, 0.1) is 17.8 Å². The van der Waals surface area contributed by atoms with Crippen LogP contribution >= 0.6 is 11.3 Å². The van der Waals surface area contributed by atoms with E-state index in [-0.39, 0.29) is 24.4 Å². The van der Waals surface area contributed by atoms with Crippen molar-refractivity contribution in [1.82, 2.24) is 9.88 Å². The Morgan fingerprint density at radius 3 is 3.00 bits per heavy atom. The molecule has 2 N–H and O–H groups in total. The van der Waals surface area contributed by atoms with Gasteiger partial charge in [-0.15, -0.1) is 11.3 Å². The van der Waals surface area contributed by atoms with Gasteiger partial charge in [0.2, 0.25) is 0 Å². The predicted octanol–water partition coefficient (Wildman–Crippen LogP) is 3.49. The largest absolute Gasteiger partial charge is 0.391 e. The van der Waals surface area contributed by atoms with Crippen molar-refractivity contribution < 1.29 is 14.3 Å². The van der Waals surface area contributed by atoms with Gasteiger partial charge in [0.1, 0.15) is 5.82 Å². The number of aryl methyl sites for hydroxylation is 2. The molecule has 0 saturated carbocycles. The number of nitrogens with zero attached hydrogens (tertiary/aromatic N) is 2. The highest BCUT2D eigenvalue weighted by Crippen LogP contribution is 2.33. The minimum absolute atomic E-state index is 0.220. The highest BCUT2D eigenvalue weighted by molar-refractivity contribution is 7.15. The molecule has 2 aromatic rings. The Balaban J connectivity index is 1.79. The van der Waals surface area contributed by atoms with E-state index in [0.29, 0.717) is 17.1 Å². The molecule has 5 nitrogen and oxygen atoms in total. The normalized spacial score (nSPS) is 20.4. The zero-order chi connectivity index (χ0) is 17.3. The summed E-state index contributed by atoms with van der Waals surface area (Å²) in [5, 5.41) is 13.3. The van der Waals surface area contributed by atoms with Crippen molar-refractivity contribution in [2.75, 3.05) is 11.9 Å². The Kier molecular flexibility index (Phi) is 4.82. The number of β-amino-alcohol motifs (C(OH)–C–C–N with tert-alkyl or cyclic N) is 1. The number of likely N-dealkylation sites (tertiary alicyclic amines) is 1. The number of carbonyl (C=O) groups is 1. The first kappa shape index (κ1) is 16.9. The molecule has 3 rings (SSSR count). The lowest BCUT2D eigenvalue weighted by Gasteiger charge is -2.24. The van der Waals surface area contributed by atoms with Crippen LogP contribution in [-0.4, -0.2) is 33.7 Å². The number of benzene rings is 1. The summed E-state index contributed by atoms with van der Waals surface area (Å²) >= 11 is 1.43. The third-order valence-corrected chi connectivity index (χ3v) is 5.14. The minimum Gasteiger partial charge on any atom is -0.391 e. The van der Waals surface area contributed by atoms with E-state index in [1.54, 1.807) is 17.0 Å². The Labute approximate surface area is 144 Å². The Hall–Kier alpha value is -1.99. The molecule has 1 aliphatic rings. The second-order valence-electron chi connectivity index (χ2n) is 5.92. The molecule has 0 spiro atoms. The second-order valence-corrected chi connectivity index (χ2v) is 7.12.